The molecule has 3 N–H and O–H groups in total. The zero-order valence-electron chi connectivity index (χ0n) is 9.92. The number of hydrogen-bond acceptors (Lipinski definition) is 4. The second-order valence-electron chi connectivity index (χ2n) is 4.76. The van der Waals surface area contributed by atoms with Gasteiger partial charge >= 0.3 is 5.97 Å². The number of carboxylic acids is 1. The molecule has 6 nitrogen and oxygen atoms in total. The fourth-order valence-corrected chi connectivity index (χ4v) is 1.82. The second-order valence-corrected chi connectivity index (χ2v) is 4.76. The first-order valence-corrected chi connectivity index (χ1v) is 5.68. The maximum atomic E-state index is 11.6. The van der Waals surface area contributed by atoms with Crippen molar-refractivity contribution < 1.29 is 24.2 Å². The zero-order valence-corrected chi connectivity index (χ0v) is 9.92. The van der Waals surface area contributed by atoms with Crippen LogP contribution in [0.15, 0.2) is 22.8 Å². The summed E-state index contributed by atoms with van der Waals surface area (Å²) in [6, 6.07) is 3.26. The average molecular weight is 253 g/mol. The topological polar surface area (TPSA) is 99.8 Å². The minimum Gasteiger partial charge on any atom is -0.481 e. The Balaban J connectivity index is 1.85. The Kier molecular flexibility index (Phi) is 3.13. The lowest BCUT2D eigenvalue weighted by Gasteiger charge is -2.21. The number of carbonyl (C=O) groups excluding carboxylic acids is 1. The highest BCUT2D eigenvalue weighted by atomic mass is 16.4. The molecule has 6 heteroatoms. The number of rotatable bonds is 5. The molecule has 1 heterocycles. The van der Waals surface area contributed by atoms with E-state index < -0.39 is 23.4 Å². The molecule has 1 aromatic heterocycles. The van der Waals surface area contributed by atoms with Gasteiger partial charge in [-0.1, -0.05) is 0 Å². The highest BCUT2D eigenvalue weighted by Gasteiger charge is 2.48. The highest BCUT2D eigenvalue weighted by Crippen LogP contribution is 2.38. The van der Waals surface area contributed by atoms with Crippen LogP contribution in [0.1, 0.15) is 19.1 Å². The second kappa shape index (κ2) is 4.45. The summed E-state index contributed by atoms with van der Waals surface area (Å²) < 4.78 is 5.07. The van der Waals surface area contributed by atoms with Gasteiger partial charge in [0.2, 0.25) is 5.91 Å². The van der Waals surface area contributed by atoms with Crippen LogP contribution in [0.5, 0.6) is 0 Å². The summed E-state index contributed by atoms with van der Waals surface area (Å²) in [5.74, 6) is -2.00. The van der Waals surface area contributed by atoms with Gasteiger partial charge in [0.15, 0.2) is 0 Å². The molecule has 1 amide bonds. The maximum Gasteiger partial charge on any atom is 0.307 e. The van der Waals surface area contributed by atoms with Gasteiger partial charge in [-0.3, -0.25) is 9.59 Å². The lowest BCUT2D eigenvalue weighted by molar-refractivity contribution is -0.140. The first kappa shape index (κ1) is 12.6. The SMILES string of the molecule is CC(O)(CNC(=O)C1CC1C(=O)O)c1ccco1. The van der Waals surface area contributed by atoms with Gasteiger partial charge in [0.1, 0.15) is 11.4 Å². The number of nitrogens with one attached hydrogen (secondary N) is 1. The third-order valence-corrected chi connectivity index (χ3v) is 3.10. The smallest absolute Gasteiger partial charge is 0.307 e. The third kappa shape index (κ3) is 2.53. The van der Waals surface area contributed by atoms with Crippen LogP contribution in [-0.2, 0) is 15.2 Å². The molecule has 3 atom stereocenters. The van der Waals surface area contributed by atoms with Crippen molar-refractivity contribution in [2.75, 3.05) is 6.54 Å². The van der Waals surface area contributed by atoms with E-state index >= 15 is 0 Å². The molecular formula is C12H15NO5. The van der Waals surface area contributed by atoms with E-state index in [-0.39, 0.29) is 12.5 Å². The van der Waals surface area contributed by atoms with Gasteiger partial charge in [-0.25, -0.2) is 0 Å². The molecule has 0 radical (unpaired) electrons. The van der Waals surface area contributed by atoms with Gasteiger partial charge in [0.05, 0.1) is 24.6 Å². The van der Waals surface area contributed by atoms with Crippen LogP contribution in [0.2, 0.25) is 0 Å². The Morgan fingerprint density at radius 3 is 2.78 bits per heavy atom. The number of aliphatic hydroxyl groups is 1. The van der Waals surface area contributed by atoms with Gasteiger partial charge in [-0.15, -0.1) is 0 Å². The first-order chi connectivity index (χ1) is 8.42. The Bertz CT molecular complexity index is 451. The Morgan fingerprint density at radius 2 is 2.28 bits per heavy atom. The lowest BCUT2D eigenvalue weighted by Crippen LogP contribution is -2.39. The average Bonchev–Trinajstić information content (AvgIpc) is 2.92. The molecule has 0 bridgehead atoms. The van der Waals surface area contributed by atoms with E-state index in [2.05, 4.69) is 5.32 Å². The zero-order chi connectivity index (χ0) is 13.3. The summed E-state index contributed by atoms with van der Waals surface area (Å²) in [5.41, 5.74) is -1.30. The van der Waals surface area contributed by atoms with Gasteiger partial charge in [0, 0.05) is 0 Å². The van der Waals surface area contributed by atoms with Crippen LogP contribution < -0.4 is 5.32 Å². The maximum absolute atomic E-state index is 11.6. The minimum atomic E-state index is -1.30. The number of furan rings is 1. The molecule has 0 saturated heterocycles. The largest absolute Gasteiger partial charge is 0.481 e. The van der Waals surface area contributed by atoms with Crippen molar-refractivity contribution >= 4 is 11.9 Å². The van der Waals surface area contributed by atoms with Crippen molar-refractivity contribution in [3.05, 3.63) is 24.2 Å². The van der Waals surface area contributed by atoms with Gasteiger partial charge in [0.25, 0.3) is 0 Å². The van der Waals surface area contributed by atoms with Gasteiger partial charge < -0.3 is 19.9 Å². The van der Waals surface area contributed by atoms with Crippen molar-refractivity contribution in [3.8, 4) is 0 Å². The molecule has 98 valence electrons. The number of carboxylic acid groups (broad SMARTS) is 1. The Morgan fingerprint density at radius 1 is 1.56 bits per heavy atom. The van der Waals surface area contributed by atoms with Crippen molar-refractivity contribution in [3.63, 3.8) is 0 Å². The van der Waals surface area contributed by atoms with E-state index in [1.807, 2.05) is 0 Å². The number of amides is 1. The fourth-order valence-electron chi connectivity index (χ4n) is 1.82. The highest BCUT2D eigenvalue weighted by molar-refractivity contribution is 5.89. The molecule has 1 saturated carbocycles. The summed E-state index contributed by atoms with van der Waals surface area (Å²) in [4.78, 5) is 22.2. The van der Waals surface area contributed by atoms with Crippen LogP contribution in [0.25, 0.3) is 0 Å². The molecule has 2 rings (SSSR count). The van der Waals surface area contributed by atoms with E-state index in [1.165, 1.54) is 13.2 Å². The van der Waals surface area contributed by atoms with E-state index in [0.29, 0.717) is 12.2 Å². The summed E-state index contributed by atoms with van der Waals surface area (Å²) in [6.45, 7) is 1.51. The predicted molar refractivity (Wildman–Crippen MR) is 60.5 cm³/mol. The van der Waals surface area contributed by atoms with Gasteiger partial charge in [-0.2, -0.15) is 0 Å². The molecular weight excluding hydrogens is 238 g/mol. The normalized spacial score (nSPS) is 25.2. The summed E-state index contributed by atoms with van der Waals surface area (Å²) in [6.07, 6.45) is 1.80. The van der Waals surface area contributed by atoms with Crippen LogP contribution in [0.3, 0.4) is 0 Å². The summed E-state index contributed by atoms with van der Waals surface area (Å²) >= 11 is 0. The molecule has 0 aromatic carbocycles. The summed E-state index contributed by atoms with van der Waals surface area (Å²) in [7, 11) is 0. The van der Waals surface area contributed by atoms with Crippen LogP contribution in [0.4, 0.5) is 0 Å². The molecule has 0 aliphatic heterocycles. The van der Waals surface area contributed by atoms with Gasteiger partial charge in [-0.05, 0) is 25.5 Å². The summed E-state index contributed by atoms with van der Waals surface area (Å²) in [5, 5.41) is 21.3. The number of hydrogen-bond donors (Lipinski definition) is 3. The molecule has 1 aliphatic carbocycles. The molecule has 1 fully saturated rings. The number of carbonyl (C=O) groups is 2. The monoisotopic (exact) mass is 253 g/mol. The van der Waals surface area contributed by atoms with Crippen molar-refractivity contribution in [2.24, 2.45) is 11.8 Å². The number of aliphatic carboxylic acids is 1. The molecule has 18 heavy (non-hydrogen) atoms. The van der Waals surface area contributed by atoms with E-state index in [9.17, 15) is 14.7 Å². The third-order valence-electron chi connectivity index (χ3n) is 3.10. The van der Waals surface area contributed by atoms with Crippen molar-refractivity contribution in [1.29, 1.82) is 0 Å². The predicted octanol–water partition coefficient (Wildman–Crippen LogP) is 0.324. The van der Waals surface area contributed by atoms with Crippen molar-refractivity contribution in [1.82, 2.24) is 5.32 Å². The minimum absolute atomic E-state index is 0.0117. The fraction of sp³-hybridized carbons (Fsp3) is 0.500. The molecule has 0 spiro atoms. The van der Waals surface area contributed by atoms with Crippen molar-refractivity contribution in [2.45, 2.75) is 18.9 Å². The van der Waals surface area contributed by atoms with E-state index in [0.717, 1.165) is 0 Å². The van der Waals surface area contributed by atoms with Crippen LogP contribution >= 0.6 is 0 Å². The molecule has 1 aliphatic rings. The standard InChI is InChI=1S/C12H15NO5/c1-12(17,9-3-2-4-18-9)6-13-10(14)7-5-8(7)11(15)16/h2-4,7-8,17H,5-6H2,1H3,(H,13,14)(H,15,16). The Hall–Kier alpha value is -1.82. The van der Waals surface area contributed by atoms with E-state index in [4.69, 9.17) is 9.52 Å². The lowest BCUT2D eigenvalue weighted by atomic mass is 10.0. The van der Waals surface area contributed by atoms with Crippen LogP contribution in [0, 0.1) is 11.8 Å². The Labute approximate surface area is 104 Å². The quantitative estimate of drug-likeness (QED) is 0.702. The van der Waals surface area contributed by atoms with E-state index in [1.54, 1.807) is 12.1 Å². The molecule has 3 unspecified atom stereocenters. The van der Waals surface area contributed by atoms with Crippen LogP contribution in [-0.4, -0.2) is 28.6 Å². The first-order valence-electron chi connectivity index (χ1n) is 5.68. The molecule has 1 aromatic rings.